The number of rotatable bonds is 4. The van der Waals surface area contributed by atoms with Gasteiger partial charge >= 0.3 is 0 Å². The zero-order chi connectivity index (χ0) is 19.5. The van der Waals surface area contributed by atoms with Crippen molar-refractivity contribution in [1.29, 1.82) is 0 Å². The predicted octanol–water partition coefficient (Wildman–Crippen LogP) is 3.99. The van der Waals surface area contributed by atoms with Crippen LogP contribution in [-0.4, -0.2) is 34.8 Å². The van der Waals surface area contributed by atoms with Gasteiger partial charge in [-0.1, -0.05) is 35.9 Å². The molecule has 1 aliphatic heterocycles. The highest BCUT2D eigenvalue weighted by Gasteiger charge is 2.29. The maximum atomic E-state index is 12.9. The van der Waals surface area contributed by atoms with Gasteiger partial charge in [0.15, 0.2) is 0 Å². The second kappa shape index (κ2) is 8.07. The summed E-state index contributed by atoms with van der Waals surface area (Å²) in [6.07, 6.45) is 3.47. The summed E-state index contributed by atoms with van der Waals surface area (Å²) in [5.41, 5.74) is 2.48. The van der Waals surface area contributed by atoms with E-state index in [1.54, 1.807) is 4.90 Å². The molecule has 0 radical (unpaired) electrons. The molecule has 0 aliphatic carbocycles. The molecule has 0 saturated carbocycles. The molecule has 1 atom stereocenters. The topological polar surface area (TPSA) is 65.2 Å². The first kappa shape index (κ1) is 18.6. The SMILES string of the molecule is O=C(NCc1ccccc1Cl)C1CCCN(C(=O)c2ccc3cc[nH]c3c2)C1. The Labute approximate surface area is 168 Å². The molecule has 28 heavy (non-hydrogen) atoms. The minimum absolute atomic E-state index is 0.0277. The van der Waals surface area contributed by atoms with Crippen LogP contribution < -0.4 is 5.32 Å². The molecular weight excluding hydrogens is 374 g/mol. The standard InChI is InChI=1S/C22H22ClN3O2/c23-19-6-2-1-4-17(19)13-25-21(27)18-5-3-11-26(14-18)22(28)16-8-7-15-9-10-24-20(15)12-16/h1-2,4,6-10,12,18,24H,3,5,11,13-14H2,(H,25,27). The lowest BCUT2D eigenvalue weighted by atomic mass is 9.96. The van der Waals surface area contributed by atoms with Crippen molar-refractivity contribution in [3.8, 4) is 0 Å². The normalized spacial score (nSPS) is 16.9. The van der Waals surface area contributed by atoms with Gasteiger partial charge in [0.2, 0.25) is 5.91 Å². The second-order valence-corrected chi connectivity index (χ2v) is 7.59. The fourth-order valence-corrected chi connectivity index (χ4v) is 3.91. The molecule has 1 aliphatic rings. The van der Waals surface area contributed by atoms with Gasteiger partial charge in [0.05, 0.1) is 5.92 Å². The van der Waals surface area contributed by atoms with Crippen LogP contribution in [0, 0.1) is 5.92 Å². The van der Waals surface area contributed by atoms with Gasteiger partial charge in [-0.05, 0) is 48.1 Å². The predicted molar refractivity (Wildman–Crippen MR) is 110 cm³/mol. The Hall–Kier alpha value is -2.79. The number of carbonyl (C=O) groups excluding carboxylic acids is 2. The third-order valence-corrected chi connectivity index (χ3v) is 5.66. The molecule has 3 aromatic rings. The molecule has 144 valence electrons. The van der Waals surface area contributed by atoms with E-state index in [0.29, 0.717) is 30.2 Å². The molecule has 1 fully saturated rings. The van der Waals surface area contributed by atoms with Gasteiger partial charge in [-0.3, -0.25) is 9.59 Å². The number of fused-ring (bicyclic) bond motifs is 1. The highest BCUT2D eigenvalue weighted by atomic mass is 35.5. The van der Waals surface area contributed by atoms with Crippen molar-refractivity contribution in [2.24, 2.45) is 5.92 Å². The third kappa shape index (κ3) is 3.90. The Kier molecular flexibility index (Phi) is 5.35. The van der Waals surface area contributed by atoms with Gasteiger partial charge in [-0.15, -0.1) is 0 Å². The van der Waals surface area contributed by atoms with E-state index in [0.717, 1.165) is 29.3 Å². The number of likely N-dealkylation sites (tertiary alicyclic amines) is 1. The second-order valence-electron chi connectivity index (χ2n) is 7.18. The number of aromatic amines is 1. The van der Waals surface area contributed by atoms with Crippen LogP contribution in [0.2, 0.25) is 5.02 Å². The van der Waals surface area contributed by atoms with Crippen LogP contribution in [-0.2, 0) is 11.3 Å². The van der Waals surface area contributed by atoms with Crippen molar-refractivity contribution < 1.29 is 9.59 Å². The minimum Gasteiger partial charge on any atom is -0.361 e. The van der Waals surface area contributed by atoms with Crippen molar-refractivity contribution in [1.82, 2.24) is 15.2 Å². The first-order valence-electron chi connectivity index (χ1n) is 9.49. The average Bonchev–Trinajstić information content (AvgIpc) is 3.20. The van der Waals surface area contributed by atoms with Gasteiger partial charge < -0.3 is 15.2 Å². The largest absolute Gasteiger partial charge is 0.361 e. The number of halogens is 1. The van der Waals surface area contributed by atoms with Crippen LogP contribution in [0.1, 0.15) is 28.8 Å². The van der Waals surface area contributed by atoms with E-state index in [9.17, 15) is 9.59 Å². The first-order valence-corrected chi connectivity index (χ1v) is 9.87. The number of aromatic nitrogens is 1. The van der Waals surface area contributed by atoms with E-state index in [2.05, 4.69) is 10.3 Å². The Balaban J connectivity index is 1.39. The maximum Gasteiger partial charge on any atom is 0.253 e. The molecule has 5 nitrogen and oxygen atoms in total. The summed E-state index contributed by atoms with van der Waals surface area (Å²) in [4.78, 5) is 30.5. The molecule has 4 rings (SSSR count). The van der Waals surface area contributed by atoms with E-state index < -0.39 is 0 Å². The molecule has 0 spiro atoms. The van der Waals surface area contributed by atoms with Crippen LogP contribution >= 0.6 is 11.6 Å². The molecule has 2 heterocycles. The summed E-state index contributed by atoms with van der Waals surface area (Å²) in [5, 5.41) is 4.68. The summed E-state index contributed by atoms with van der Waals surface area (Å²) in [5.74, 6) is -0.258. The number of hydrogen-bond donors (Lipinski definition) is 2. The number of nitrogens with zero attached hydrogens (tertiary/aromatic N) is 1. The lowest BCUT2D eigenvalue weighted by Crippen LogP contribution is -2.45. The summed E-state index contributed by atoms with van der Waals surface area (Å²) in [7, 11) is 0. The molecule has 2 aromatic carbocycles. The maximum absolute atomic E-state index is 12.9. The third-order valence-electron chi connectivity index (χ3n) is 5.29. The monoisotopic (exact) mass is 395 g/mol. The van der Waals surface area contributed by atoms with Gasteiger partial charge in [0.25, 0.3) is 5.91 Å². The highest BCUT2D eigenvalue weighted by molar-refractivity contribution is 6.31. The molecule has 2 amide bonds. The molecule has 6 heteroatoms. The van der Waals surface area contributed by atoms with Crippen molar-refractivity contribution >= 4 is 34.3 Å². The number of hydrogen-bond acceptors (Lipinski definition) is 2. The molecular formula is C22H22ClN3O2. The van der Waals surface area contributed by atoms with E-state index in [1.807, 2.05) is 54.7 Å². The van der Waals surface area contributed by atoms with E-state index in [-0.39, 0.29) is 17.7 Å². The molecule has 1 aromatic heterocycles. The van der Waals surface area contributed by atoms with Crippen LogP contribution in [0.5, 0.6) is 0 Å². The quantitative estimate of drug-likeness (QED) is 0.701. The number of benzene rings is 2. The van der Waals surface area contributed by atoms with Crippen molar-refractivity contribution in [2.75, 3.05) is 13.1 Å². The van der Waals surface area contributed by atoms with Crippen molar-refractivity contribution in [3.63, 3.8) is 0 Å². The van der Waals surface area contributed by atoms with Gasteiger partial charge in [0, 0.05) is 41.9 Å². The van der Waals surface area contributed by atoms with Gasteiger partial charge in [-0.2, -0.15) is 0 Å². The summed E-state index contributed by atoms with van der Waals surface area (Å²) in [6.45, 7) is 1.51. The number of nitrogens with one attached hydrogen (secondary N) is 2. The van der Waals surface area contributed by atoms with Crippen LogP contribution in [0.4, 0.5) is 0 Å². The zero-order valence-electron chi connectivity index (χ0n) is 15.5. The molecule has 1 saturated heterocycles. The highest BCUT2D eigenvalue weighted by Crippen LogP contribution is 2.21. The molecule has 1 unspecified atom stereocenters. The first-order chi connectivity index (χ1) is 13.6. The average molecular weight is 396 g/mol. The Morgan fingerprint density at radius 2 is 2.04 bits per heavy atom. The van der Waals surface area contributed by atoms with Crippen LogP contribution in [0.25, 0.3) is 10.9 Å². The Morgan fingerprint density at radius 1 is 1.18 bits per heavy atom. The zero-order valence-corrected chi connectivity index (χ0v) is 16.2. The van der Waals surface area contributed by atoms with Gasteiger partial charge in [-0.25, -0.2) is 0 Å². The van der Waals surface area contributed by atoms with Crippen LogP contribution in [0.15, 0.2) is 54.7 Å². The fourth-order valence-electron chi connectivity index (χ4n) is 3.71. The smallest absolute Gasteiger partial charge is 0.253 e. The Morgan fingerprint density at radius 3 is 2.89 bits per heavy atom. The minimum atomic E-state index is -0.200. The van der Waals surface area contributed by atoms with Gasteiger partial charge in [0.1, 0.15) is 0 Å². The lowest BCUT2D eigenvalue weighted by molar-refractivity contribution is -0.126. The summed E-state index contributed by atoms with van der Waals surface area (Å²) >= 11 is 6.15. The lowest BCUT2D eigenvalue weighted by Gasteiger charge is -2.32. The van der Waals surface area contributed by atoms with Crippen LogP contribution in [0.3, 0.4) is 0 Å². The number of H-pyrrole nitrogens is 1. The van der Waals surface area contributed by atoms with E-state index >= 15 is 0 Å². The Bertz CT molecular complexity index is 1010. The van der Waals surface area contributed by atoms with Crippen molar-refractivity contribution in [2.45, 2.75) is 19.4 Å². The van der Waals surface area contributed by atoms with E-state index in [1.165, 1.54) is 0 Å². The molecule has 2 N–H and O–H groups in total. The molecule has 0 bridgehead atoms. The number of carbonyl (C=O) groups is 2. The van der Waals surface area contributed by atoms with Crippen molar-refractivity contribution in [3.05, 3.63) is 70.9 Å². The number of piperidine rings is 1. The summed E-state index contributed by atoms with van der Waals surface area (Å²) in [6, 6.07) is 15.1. The summed E-state index contributed by atoms with van der Waals surface area (Å²) < 4.78 is 0. The number of amides is 2. The van der Waals surface area contributed by atoms with E-state index in [4.69, 9.17) is 11.6 Å². The fraction of sp³-hybridized carbons (Fsp3) is 0.273.